The van der Waals surface area contributed by atoms with Crippen molar-refractivity contribution in [1.29, 1.82) is 0 Å². The van der Waals surface area contributed by atoms with E-state index in [1.54, 1.807) is 11.8 Å². The fourth-order valence-corrected chi connectivity index (χ4v) is 3.61. The maximum atomic E-state index is 10.4. The van der Waals surface area contributed by atoms with Gasteiger partial charge in [-0.2, -0.15) is 11.8 Å². The van der Waals surface area contributed by atoms with Crippen molar-refractivity contribution in [2.75, 3.05) is 25.6 Å². The Balaban J connectivity index is 1.76. The SMILES string of the molecule is O=C(O)CCSC1CCOC2(CCOC2)C1. The first kappa shape index (κ1) is 12.2. The van der Waals surface area contributed by atoms with Gasteiger partial charge in [-0.3, -0.25) is 4.79 Å². The van der Waals surface area contributed by atoms with E-state index in [-0.39, 0.29) is 12.0 Å². The molecule has 92 valence electrons. The van der Waals surface area contributed by atoms with Gasteiger partial charge in [0.1, 0.15) is 0 Å². The molecule has 2 fully saturated rings. The summed E-state index contributed by atoms with van der Waals surface area (Å²) in [7, 11) is 0. The van der Waals surface area contributed by atoms with Crippen LogP contribution in [0, 0.1) is 0 Å². The molecule has 0 aliphatic carbocycles. The molecule has 2 unspecified atom stereocenters. The first-order chi connectivity index (χ1) is 7.70. The Kier molecular flexibility index (Phi) is 4.10. The van der Waals surface area contributed by atoms with E-state index < -0.39 is 5.97 Å². The van der Waals surface area contributed by atoms with Gasteiger partial charge in [0, 0.05) is 30.6 Å². The second-order valence-corrected chi connectivity index (χ2v) is 5.87. The van der Waals surface area contributed by atoms with Gasteiger partial charge in [0.05, 0.1) is 18.6 Å². The number of rotatable bonds is 4. The fraction of sp³-hybridized carbons (Fsp3) is 0.909. The summed E-state index contributed by atoms with van der Waals surface area (Å²) in [5, 5.41) is 9.13. The van der Waals surface area contributed by atoms with E-state index in [0.29, 0.717) is 17.6 Å². The molecule has 1 N–H and O–H groups in total. The smallest absolute Gasteiger partial charge is 0.304 e. The van der Waals surface area contributed by atoms with Crippen LogP contribution in [-0.2, 0) is 14.3 Å². The number of aliphatic carboxylic acids is 1. The number of carboxylic acid groups (broad SMARTS) is 1. The molecule has 4 nitrogen and oxygen atoms in total. The highest BCUT2D eigenvalue weighted by Crippen LogP contribution is 2.37. The standard InChI is InChI=1S/C11H18O4S/c12-10(13)2-6-16-9-1-4-15-11(7-9)3-5-14-8-11/h9H,1-8H2,(H,12,13). The Morgan fingerprint density at radius 3 is 3.06 bits per heavy atom. The number of carbonyl (C=O) groups is 1. The van der Waals surface area contributed by atoms with Crippen LogP contribution < -0.4 is 0 Å². The molecular formula is C11H18O4S. The van der Waals surface area contributed by atoms with Crippen LogP contribution in [0.3, 0.4) is 0 Å². The molecule has 2 atom stereocenters. The van der Waals surface area contributed by atoms with Crippen molar-refractivity contribution in [2.45, 2.75) is 36.5 Å². The van der Waals surface area contributed by atoms with Gasteiger partial charge in [-0.1, -0.05) is 0 Å². The van der Waals surface area contributed by atoms with Crippen molar-refractivity contribution < 1.29 is 19.4 Å². The second kappa shape index (κ2) is 5.38. The van der Waals surface area contributed by atoms with Gasteiger partial charge >= 0.3 is 5.97 Å². The maximum absolute atomic E-state index is 10.4. The van der Waals surface area contributed by atoms with Crippen LogP contribution in [0.15, 0.2) is 0 Å². The molecule has 2 aliphatic heterocycles. The van der Waals surface area contributed by atoms with E-state index in [9.17, 15) is 4.79 Å². The van der Waals surface area contributed by atoms with E-state index >= 15 is 0 Å². The summed E-state index contributed by atoms with van der Waals surface area (Å²) < 4.78 is 11.2. The lowest BCUT2D eigenvalue weighted by atomic mass is 9.93. The van der Waals surface area contributed by atoms with E-state index in [1.165, 1.54) is 0 Å². The van der Waals surface area contributed by atoms with E-state index in [2.05, 4.69) is 0 Å². The van der Waals surface area contributed by atoms with Gasteiger partial charge in [0.15, 0.2) is 0 Å². The predicted molar refractivity (Wildman–Crippen MR) is 61.9 cm³/mol. The van der Waals surface area contributed by atoms with Gasteiger partial charge in [-0.15, -0.1) is 0 Å². The Labute approximate surface area is 99.7 Å². The highest BCUT2D eigenvalue weighted by molar-refractivity contribution is 7.99. The summed E-state index contributed by atoms with van der Waals surface area (Å²) >= 11 is 1.77. The van der Waals surface area contributed by atoms with Gasteiger partial charge in [0.2, 0.25) is 0 Å². The minimum absolute atomic E-state index is 0.0564. The minimum Gasteiger partial charge on any atom is -0.481 e. The number of ether oxygens (including phenoxy) is 2. The maximum Gasteiger partial charge on any atom is 0.304 e. The predicted octanol–water partition coefficient (Wildman–Crippen LogP) is 1.53. The van der Waals surface area contributed by atoms with Gasteiger partial charge in [0.25, 0.3) is 0 Å². The molecule has 2 rings (SSSR count). The van der Waals surface area contributed by atoms with Crippen LogP contribution in [0.5, 0.6) is 0 Å². The quantitative estimate of drug-likeness (QED) is 0.815. The van der Waals surface area contributed by atoms with Crippen LogP contribution in [0.4, 0.5) is 0 Å². The molecule has 2 aliphatic rings. The van der Waals surface area contributed by atoms with Crippen LogP contribution in [-0.4, -0.2) is 47.5 Å². The molecule has 0 bridgehead atoms. The van der Waals surface area contributed by atoms with E-state index in [0.717, 1.165) is 32.5 Å². The Hall–Kier alpha value is -0.260. The van der Waals surface area contributed by atoms with Crippen LogP contribution in [0.2, 0.25) is 0 Å². The van der Waals surface area contributed by atoms with Crippen molar-refractivity contribution in [3.8, 4) is 0 Å². The summed E-state index contributed by atoms with van der Waals surface area (Å²) in [6, 6.07) is 0. The van der Waals surface area contributed by atoms with E-state index in [4.69, 9.17) is 14.6 Å². The zero-order chi connectivity index (χ0) is 11.4. The van der Waals surface area contributed by atoms with Crippen LogP contribution in [0.1, 0.15) is 25.7 Å². The molecule has 0 aromatic heterocycles. The summed E-state index contributed by atoms with van der Waals surface area (Å²) in [6.07, 6.45) is 3.29. The third-order valence-corrected chi connectivity index (χ3v) is 4.50. The third kappa shape index (κ3) is 3.12. The summed E-state index contributed by atoms with van der Waals surface area (Å²) in [5.41, 5.74) is -0.0564. The van der Waals surface area contributed by atoms with Crippen molar-refractivity contribution in [3.63, 3.8) is 0 Å². The first-order valence-corrected chi connectivity index (χ1v) is 6.80. The molecule has 1 spiro atoms. The van der Waals surface area contributed by atoms with Crippen LogP contribution >= 0.6 is 11.8 Å². The number of thioether (sulfide) groups is 1. The van der Waals surface area contributed by atoms with Gasteiger partial charge in [-0.25, -0.2) is 0 Å². The van der Waals surface area contributed by atoms with E-state index in [1.807, 2.05) is 0 Å². The zero-order valence-electron chi connectivity index (χ0n) is 9.31. The number of carboxylic acids is 1. The lowest BCUT2D eigenvalue weighted by molar-refractivity contribution is -0.136. The van der Waals surface area contributed by atoms with Crippen molar-refractivity contribution in [1.82, 2.24) is 0 Å². The Morgan fingerprint density at radius 2 is 2.38 bits per heavy atom. The topological polar surface area (TPSA) is 55.8 Å². The average molecular weight is 246 g/mol. The number of hydrogen-bond donors (Lipinski definition) is 1. The molecular weight excluding hydrogens is 228 g/mol. The Bertz CT molecular complexity index is 250. The molecule has 0 saturated carbocycles. The molecule has 16 heavy (non-hydrogen) atoms. The third-order valence-electron chi connectivity index (χ3n) is 3.18. The first-order valence-electron chi connectivity index (χ1n) is 5.75. The van der Waals surface area contributed by atoms with Crippen molar-refractivity contribution in [3.05, 3.63) is 0 Å². The minimum atomic E-state index is -0.710. The Morgan fingerprint density at radius 1 is 1.50 bits per heavy atom. The zero-order valence-corrected chi connectivity index (χ0v) is 10.1. The van der Waals surface area contributed by atoms with Crippen molar-refractivity contribution in [2.24, 2.45) is 0 Å². The van der Waals surface area contributed by atoms with Gasteiger partial charge in [-0.05, 0) is 12.8 Å². The van der Waals surface area contributed by atoms with Crippen molar-refractivity contribution >= 4 is 17.7 Å². The lowest BCUT2D eigenvalue weighted by Crippen LogP contribution is -2.41. The fourth-order valence-electron chi connectivity index (χ4n) is 2.30. The normalized spacial score (nSPS) is 34.4. The molecule has 0 aromatic carbocycles. The molecule has 0 amide bonds. The average Bonchev–Trinajstić information content (AvgIpc) is 2.66. The molecule has 0 aromatic rings. The van der Waals surface area contributed by atoms with Gasteiger partial charge < -0.3 is 14.6 Å². The summed E-state index contributed by atoms with van der Waals surface area (Å²) in [6.45, 7) is 2.30. The molecule has 2 saturated heterocycles. The molecule has 2 heterocycles. The lowest BCUT2D eigenvalue weighted by Gasteiger charge is -2.36. The highest BCUT2D eigenvalue weighted by Gasteiger charge is 2.40. The molecule has 5 heteroatoms. The molecule has 0 radical (unpaired) electrons. The highest BCUT2D eigenvalue weighted by atomic mass is 32.2. The number of hydrogen-bond acceptors (Lipinski definition) is 4. The monoisotopic (exact) mass is 246 g/mol. The van der Waals surface area contributed by atoms with Crippen LogP contribution in [0.25, 0.3) is 0 Å². The second-order valence-electron chi connectivity index (χ2n) is 4.46. The summed E-state index contributed by atoms with van der Waals surface area (Å²) in [5.74, 6) is -0.00445. The summed E-state index contributed by atoms with van der Waals surface area (Å²) in [4.78, 5) is 10.4. The largest absolute Gasteiger partial charge is 0.481 e.